The van der Waals surface area contributed by atoms with Gasteiger partial charge in [-0.3, -0.25) is 14.9 Å². The number of nitro benzene ring substituents is 1. The highest BCUT2D eigenvalue weighted by atomic mass is 16.6. The van der Waals surface area contributed by atoms with Crippen LogP contribution < -0.4 is 0 Å². The second-order valence-corrected chi connectivity index (χ2v) is 3.72. The molecule has 0 atom stereocenters. The predicted octanol–water partition coefficient (Wildman–Crippen LogP) is 1.59. The van der Waals surface area contributed by atoms with Crippen LogP contribution in [-0.2, 0) is 4.79 Å². The number of hydrogen-bond acceptors (Lipinski definition) is 4. The maximum atomic E-state index is 11.6. The van der Waals surface area contributed by atoms with E-state index in [1.165, 1.54) is 43.3 Å². The molecule has 0 aromatic heterocycles. The summed E-state index contributed by atoms with van der Waals surface area (Å²) in [6.07, 6.45) is 1.33. The van der Waals surface area contributed by atoms with Crippen molar-refractivity contribution >= 4 is 17.7 Å². The summed E-state index contributed by atoms with van der Waals surface area (Å²) >= 11 is 0. The Morgan fingerprint density at radius 2 is 2.17 bits per heavy atom. The molecule has 0 saturated carbocycles. The quantitative estimate of drug-likeness (QED) is 0.350. The van der Waals surface area contributed by atoms with Crippen molar-refractivity contribution in [1.29, 1.82) is 5.26 Å². The van der Waals surface area contributed by atoms with Crippen molar-refractivity contribution in [3.63, 3.8) is 0 Å². The van der Waals surface area contributed by atoms with Gasteiger partial charge in [-0.1, -0.05) is 12.1 Å². The standard InChI is InChI=1S/C12H11N3O3/c1-14(2)12(16)10(8-13)6-9-4-3-5-11(7-9)15(17)18/h3-7H,1-2H3. The van der Waals surface area contributed by atoms with Gasteiger partial charge in [-0.2, -0.15) is 5.26 Å². The maximum Gasteiger partial charge on any atom is 0.270 e. The topological polar surface area (TPSA) is 87.2 Å². The van der Waals surface area contributed by atoms with E-state index in [1.807, 2.05) is 0 Å². The van der Waals surface area contributed by atoms with Gasteiger partial charge in [-0.25, -0.2) is 0 Å². The largest absolute Gasteiger partial charge is 0.344 e. The second kappa shape index (κ2) is 5.59. The van der Waals surface area contributed by atoms with E-state index < -0.39 is 10.8 Å². The zero-order valence-corrected chi connectivity index (χ0v) is 9.95. The van der Waals surface area contributed by atoms with E-state index in [2.05, 4.69) is 0 Å². The molecule has 0 aliphatic carbocycles. The molecule has 0 bridgehead atoms. The second-order valence-electron chi connectivity index (χ2n) is 3.72. The number of hydrogen-bond donors (Lipinski definition) is 0. The molecule has 92 valence electrons. The van der Waals surface area contributed by atoms with Crippen LogP contribution in [0.15, 0.2) is 29.8 Å². The minimum atomic E-state index is -0.531. The summed E-state index contributed by atoms with van der Waals surface area (Å²) in [5.74, 6) is -0.441. The number of benzene rings is 1. The molecule has 6 nitrogen and oxygen atoms in total. The van der Waals surface area contributed by atoms with Crippen LogP contribution in [0.4, 0.5) is 5.69 Å². The summed E-state index contributed by atoms with van der Waals surface area (Å²) in [5.41, 5.74) is 0.287. The maximum absolute atomic E-state index is 11.6. The average molecular weight is 245 g/mol. The molecule has 0 aliphatic heterocycles. The Morgan fingerprint density at radius 1 is 1.50 bits per heavy atom. The van der Waals surface area contributed by atoms with E-state index in [4.69, 9.17) is 5.26 Å². The molecule has 1 aromatic carbocycles. The first-order chi connectivity index (χ1) is 8.45. The van der Waals surface area contributed by atoms with Gasteiger partial charge in [0.15, 0.2) is 0 Å². The molecule has 1 rings (SSSR count). The monoisotopic (exact) mass is 245 g/mol. The van der Waals surface area contributed by atoms with Crippen LogP contribution in [0, 0.1) is 21.4 Å². The molecule has 0 spiro atoms. The van der Waals surface area contributed by atoms with Crippen LogP contribution >= 0.6 is 0 Å². The number of nitriles is 1. The minimum Gasteiger partial charge on any atom is -0.344 e. The van der Waals surface area contributed by atoms with Crippen molar-refractivity contribution in [2.45, 2.75) is 0 Å². The van der Waals surface area contributed by atoms with Crippen molar-refractivity contribution in [1.82, 2.24) is 4.90 Å². The van der Waals surface area contributed by atoms with Gasteiger partial charge in [0, 0.05) is 26.2 Å². The molecule has 6 heteroatoms. The highest BCUT2D eigenvalue weighted by molar-refractivity contribution is 6.01. The number of nitrogens with zero attached hydrogens (tertiary/aromatic N) is 3. The molecule has 1 aromatic rings. The fourth-order valence-electron chi connectivity index (χ4n) is 1.28. The first-order valence-electron chi connectivity index (χ1n) is 5.03. The van der Waals surface area contributed by atoms with Crippen molar-refractivity contribution in [2.24, 2.45) is 0 Å². The Morgan fingerprint density at radius 3 is 2.67 bits per heavy atom. The molecule has 0 N–H and O–H groups in total. The summed E-state index contributed by atoms with van der Waals surface area (Å²) < 4.78 is 0. The number of likely N-dealkylation sites (N-methyl/N-ethyl adjacent to an activating group) is 1. The third-order valence-corrected chi connectivity index (χ3v) is 2.15. The van der Waals surface area contributed by atoms with Gasteiger partial charge in [0.25, 0.3) is 11.6 Å². The van der Waals surface area contributed by atoms with Crippen molar-refractivity contribution in [2.75, 3.05) is 14.1 Å². The van der Waals surface area contributed by atoms with Crippen molar-refractivity contribution < 1.29 is 9.72 Å². The van der Waals surface area contributed by atoms with Gasteiger partial charge < -0.3 is 4.90 Å². The van der Waals surface area contributed by atoms with E-state index in [9.17, 15) is 14.9 Å². The summed E-state index contributed by atoms with van der Waals surface area (Å²) in [7, 11) is 3.06. The molecule has 0 heterocycles. The van der Waals surface area contributed by atoms with Gasteiger partial charge in [0.05, 0.1) is 4.92 Å². The molecule has 1 amide bonds. The van der Waals surface area contributed by atoms with Crippen LogP contribution in [0.2, 0.25) is 0 Å². The van der Waals surface area contributed by atoms with Crippen LogP contribution in [0.25, 0.3) is 6.08 Å². The molecule has 18 heavy (non-hydrogen) atoms. The normalized spacial score (nSPS) is 10.6. The van der Waals surface area contributed by atoms with Crippen LogP contribution in [0.1, 0.15) is 5.56 Å². The average Bonchev–Trinajstić information content (AvgIpc) is 2.35. The number of nitro groups is 1. The molecule has 0 fully saturated rings. The zero-order valence-electron chi connectivity index (χ0n) is 9.95. The molecule has 0 aliphatic rings. The lowest BCUT2D eigenvalue weighted by molar-refractivity contribution is -0.384. The Bertz CT molecular complexity index is 556. The molecule has 0 radical (unpaired) electrons. The Hall–Kier alpha value is -2.68. The number of carbonyl (C=O) groups excluding carboxylic acids is 1. The fourth-order valence-corrected chi connectivity index (χ4v) is 1.28. The molecular weight excluding hydrogens is 234 g/mol. The highest BCUT2D eigenvalue weighted by Crippen LogP contribution is 2.16. The van der Waals surface area contributed by atoms with E-state index >= 15 is 0 Å². The number of rotatable bonds is 3. The number of non-ortho nitro benzene ring substituents is 1. The molecule has 0 unspecified atom stereocenters. The van der Waals surface area contributed by atoms with Crippen LogP contribution in [-0.4, -0.2) is 29.8 Å². The predicted molar refractivity (Wildman–Crippen MR) is 65.4 cm³/mol. The van der Waals surface area contributed by atoms with E-state index in [0.29, 0.717) is 5.56 Å². The number of carbonyl (C=O) groups is 1. The summed E-state index contributed by atoms with van der Waals surface area (Å²) in [6.45, 7) is 0. The lowest BCUT2D eigenvalue weighted by Gasteiger charge is -2.08. The van der Waals surface area contributed by atoms with Gasteiger partial charge >= 0.3 is 0 Å². The molecular formula is C12H11N3O3. The SMILES string of the molecule is CN(C)C(=O)C(C#N)=Cc1cccc([N+](=O)[O-])c1. The smallest absolute Gasteiger partial charge is 0.270 e. The van der Waals surface area contributed by atoms with Crippen LogP contribution in [0.3, 0.4) is 0 Å². The zero-order chi connectivity index (χ0) is 13.7. The third-order valence-electron chi connectivity index (χ3n) is 2.15. The highest BCUT2D eigenvalue weighted by Gasteiger charge is 2.12. The first-order valence-corrected chi connectivity index (χ1v) is 5.03. The van der Waals surface area contributed by atoms with E-state index in [-0.39, 0.29) is 11.3 Å². The van der Waals surface area contributed by atoms with E-state index in [1.54, 1.807) is 12.1 Å². The first kappa shape index (κ1) is 13.4. The fraction of sp³-hybridized carbons (Fsp3) is 0.167. The lowest BCUT2D eigenvalue weighted by Crippen LogP contribution is -2.22. The number of amides is 1. The van der Waals surface area contributed by atoms with Crippen molar-refractivity contribution in [3.05, 3.63) is 45.5 Å². The van der Waals surface area contributed by atoms with Gasteiger partial charge in [-0.15, -0.1) is 0 Å². The van der Waals surface area contributed by atoms with Gasteiger partial charge in [0.1, 0.15) is 11.6 Å². The molecule has 0 saturated heterocycles. The summed E-state index contributed by atoms with van der Waals surface area (Å²) in [6, 6.07) is 7.52. The van der Waals surface area contributed by atoms with E-state index in [0.717, 1.165) is 0 Å². The Labute approximate surface area is 104 Å². The Balaban J connectivity index is 3.15. The summed E-state index contributed by atoms with van der Waals surface area (Å²) in [4.78, 5) is 22.9. The van der Waals surface area contributed by atoms with Crippen molar-refractivity contribution in [3.8, 4) is 6.07 Å². The van der Waals surface area contributed by atoms with Gasteiger partial charge in [0.2, 0.25) is 0 Å². The minimum absolute atomic E-state index is 0.0690. The lowest BCUT2D eigenvalue weighted by atomic mass is 10.1. The third kappa shape index (κ3) is 3.15. The summed E-state index contributed by atoms with van der Waals surface area (Å²) in [5, 5.41) is 19.5. The Kier molecular flexibility index (Phi) is 4.16. The van der Waals surface area contributed by atoms with Gasteiger partial charge in [-0.05, 0) is 11.6 Å². The van der Waals surface area contributed by atoms with Crippen LogP contribution in [0.5, 0.6) is 0 Å².